The standard InChI is InChI=1S/C15H21NO2/c1-9-6-10(2)14(13(7-9)18-3)15(17)11-4-5-12(16)8-11/h6-7,11-12H,4-5,8,16H2,1-3H3. The van der Waals surface area contributed by atoms with Crippen molar-refractivity contribution in [3.05, 3.63) is 28.8 Å². The molecule has 0 bridgehead atoms. The third kappa shape index (κ3) is 2.41. The number of carbonyl (C=O) groups is 1. The lowest BCUT2D eigenvalue weighted by Gasteiger charge is -2.15. The molecule has 2 atom stereocenters. The number of benzene rings is 1. The van der Waals surface area contributed by atoms with Crippen LogP contribution < -0.4 is 10.5 Å². The van der Waals surface area contributed by atoms with E-state index in [-0.39, 0.29) is 17.7 Å². The lowest BCUT2D eigenvalue weighted by Crippen LogP contribution is -2.19. The number of ether oxygens (including phenoxy) is 1. The molecule has 1 saturated carbocycles. The maximum absolute atomic E-state index is 12.6. The van der Waals surface area contributed by atoms with E-state index in [1.165, 1.54) is 0 Å². The SMILES string of the molecule is COc1cc(C)cc(C)c1C(=O)C1CCC(N)C1. The number of ketones is 1. The third-order valence-corrected chi connectivity index (χ3v) is 3.75. The molecule has 3 heteroatoms. The molecule has 3 nitrogen and oxygen atoms in total. The maximum Gasteiger partial charge on any atom is 0.169 e. The monoisotopic (exact) mass is 247 g/mol. The minimum Gasteiger partial charge on any atom is -0.496 e. The van der Waals surface area contributed by atoms with E-state index in [0.29, 0.717) is 5.75 Å². The van der Waals surface area contributed by atoms with Gasteiger partial charge in [0, 0.05) is 12.0 Å². The summed E-state index contributed by atoms with van der Waals surface area (Å²) < 4.78 is 5.36. The zero-order chi connectivity index (χ0) is 13.3. The van der Waals surface area contributed by atoms with Gasteiger partial charge in [0.15, 0.2) is 5.78 Å². The Morgan fingerprint density at radius 1 is 1.33 bits per heavy atom. The number of aryl methyl sites for hydroxylation is 2. The molecule has 1 aromatic rings. The Labute approximate surface area is 108 Å². The molecule has 98 valence electrons. The highest BCUT2D eigenvalue weighted by Crippen LogP contribution is 2.33. The summed E-state index contributed by atoms with van der Waals surface area (Å²) in [4.78, 5) is 12.6. The van der Waals surface area contributed by atoms with Crippen molar-refractivity contribution >= 4 is 5.78 Å². The van der Waals surface area contributed by atoms with Gasteiger partial charge >= 0.3 is 0 Å². The smallest absolute Gasteiger partial charge is 0.169 e. The van der Waals surface area contributed by atoms with Crippen LogP contribution in [0.1, 0.15) is 40.7 Å². The quantitative estimate of drug-likeness (QED) is 0.835. The first-order valence-electron chi connectivity index (χ1n) is 6.48. The van der Waals surface area contributed by atoms with Gasteiger partial charge in [-0.3, -0.25) is 4.79 Å². The molecule has 0 amide bonds. The van der Waals surface area contributed by atoms with Gasteiger partial charge in [-0.05, 0) is 50.3 Å². The van der Waals surface area contributed by atoms with Gasteiger partial charge in [0.05, 0.1) is 12.7 Å². The Morgan fingerprint density at radius 2 is 2.06 bits per heavy atom. The molecule has 18 heavy (non-hydrogen) atoms. The van der Waals surface area contributed by atoms with Gasteiger partial charge in [-0.1, -0.05) is 6.07 Å². The van der Waals surface area contributed by atoms with Crippen LogP contribution in [0.4, 0.5) is 0 Å². The number of rotatable bonds is 3. The minimum absolute atomic E-state index is 0.0651. The van der Waals surface area contributed by atoms with Gasteiger partial charge in [-0.25, -0.2) is 0 Å². The molecule has 1 aliphatic carbocycles. The molecule has 0 radical (unpaired) electrons. The molecule has 1 aliphatic rings. The summed E-state index contributed by atoms with van der Waals surface area (Å²) in [7, 11) is 1.62. The Kier molecular flexibility index (Phi) is 3.71. The van der Waals surface area contributed by atoms with Crippen LogP contribution in [0, 0.1) is 19.8 Å². The fourth-order valence-electron chi connectivity index (χ4n) is 2.86. The van der Waals surface area contributed by atoms with Crippen LogP contribution in [-0.4, -0.2) is 18.9 Å². The highest BCUT2D eigenvalue weighted by atomic mass is 16.5. The van der Waals surface area contributed by atoms with E-state index in [2.05, 4.69) is 0 Å². The Balaban J connectivity index is 2.35. The van der Waals surface area contributed by atoms with Crippen molar-refractivity contribution in [2.75, 3.05) is 7.11 Å². The van der Waals surface area contributed by atoms with E-state index < -0.39 is 0 Å². The topological polar surface area (TPSA) is 52.3 Å². The van der Waals surface area contributed by atoms with Gasteiger partial charge in [-0.15, -0.1) is 0 Å². The van der Waals surface area contributed by atoms with E-state index in [1.54, 1.807) is 7.11 Å². The molecule has 2 N–H and O–H groups in total. The van der Waals surface area contributed by atoms with Crippen LogP contribution in [-0.2, 0) is 0 Å². The molecule has 1 fully saturated rings. The van der Waals surface area contributed by atoms with Crippen molar-refractivity contribution in [2.24, 2.45) is 11.7 Å². The second-order valence-corrected chi connectivity index (χ2v) is 5.29. The first-order chi connectivity index (χ1) is 8.52. The molecule has 0 spiro atoms. The highest BCUT2D eigenvalue weighted by molar-refractivity contribution is 6.01. The van der Waals surface area contributed by atoms with Gasteiger partial charge in [0.25, 0.3) is 0 Å². The Hall–Kier alpha value is -1.35. The number of carbonyl (C=O) groups excluding carboxylic acids is 1. The first-order valence-corrected chi connectivity index (χ1v) is 6.48. The molecule has 0 aliphatic heterocycles. The summed E-state index contributed by atoms with van der Waals surface area (Å²) in [5.74, 6) is 0.950. The van der Waals surface area contributed by atoms with Gasteiger partial charge in [-0.2, -0.15) is 0 Å². The van der Waals surface area contributed by atoms with Crippen LogP contribution in [0.25, 0.3) is 0 Å². The zero-order valence-electron chi connectivity index (χ0n) is 11.3. The largest absolute Gasteiger partial charge is 0.496 e. The molecule has 0 heterocycles. The van der Waals surface area contributed by atoms with E-state index in [0.717, 1.165) is 36.0 Å². The summed E-state index contributed by atoms with van der Waals surface area (Å²) in [6.45, 7) is 3.98. The molecule has 0 aromatic heterocycles. The van der Waals surface area contributed by atoms with E-state index in [4.69, 9.17) is 10.5 Å². The molecule has 1 aromatic carbocycles. The van der Waals surface area contributed by atoms with Crippen LogP contribution in [0.5, 0.6) is 5.75 Å². The lowest BCUT2D eigenvalue weighted by atomic mass is 9.91. The normalized spacial score (nSPS) is 23.1. The zero-order valence-corrected chi connectivity index (χ0v) is 11.3. The van der Waals surface area contributed by atoms with Crippen molar-refractivity contribution in [1.29, 1.82) is 0 Å². The lowest BCUT2D eigenvalue weighted by molar-refractivity contribution is 0.0918. The van der Waals surface area contributed by atoms with Gasteiger partial charge in [0.1, 0.15) is 5.75 Å². The van der Waals surface area contributed by atoms with Crippen LogP contribution >= 0.6 is 0 Å². The summed E-state index contributed by atoms with van der Waals surface area (Å²) in [6, 6.07) is 4.13. The summed E-state index contributed by atoms with van der Waals surface area (Å²) >= 11 is 0. The number of nitrogens with two attached hydrogens (primary N) is 1. The average Bonchev–Trinajstić information content (AvgIpc) is 2.74. The maximum atomic E-state index is 12.6. The molecular formula is C15H21NO2. The van der Waals surface area contributed by atoms with Gasteiger partial charge < -0.3 is 10.5 Å². The number of Topliss-reactive ketones (excluding diaryl/α,β-unsaturated/α-hetero) is 1. The van der Waals surface area contributed by atoms with Crippen LogP contribution in [0.2, 0.25) is 0 Å². The van der Waals surface area contributed by atoms with E-state index in [1.807, 2.05) is 26.0 Å². The number of methoxy groups -OCH3 is 1. The van der Waals surface area contributed by atoms with E-state index in [9.17, 15) is 4.79 Å². The van der Waals surface area contributed by atoms with Crippen molar-refractivity contribution in [3.8, 4) is 5.75 Å². The highest BCUT2D eigenvalue weighted by Gasteiger charge is 2.30. The van der Waals surface area contributed by atoms with Gasteiger partial charge in [0.2, 0.25) is 0 Å². The average molecular weight is 247 g/mol. The Bertz CT molecular complexity index is 468. The molecule has 0 saturated heterocycles. The molecular weight excluding hydrogens is 226 g/mol. The van der Waals surface area contributed by atoms with Crippen molar-refractivity contribution in [3.63, 3.8) is 0 Å². The fraction of sp³-hybridized carbons (Fsp3) is 0.533. The minimum atomic E-state index is 0.0651. The predicted octanol–water partition coefficient (Wildman–Crippen LogP) is 2.62. The summed E-state index contributed by atoms with van der Waals surface area (Å²) in [6.07, 6.45) is 2.65. The van der Waals surface area contributed by atoms with Crippen LogP contribution in [0.3, 0.4) is 0 Å². The van der Waals surface area contributed by atoms with Crippen molar-refractivity contribution < 1.29 is 9.53 Å². The summed E-state index contributed by atoms with van der Waals surface area (Å²) in [5.41, 5.74) is 8.74. The second-order valence-electron chi connectivity index (χ2n) is 5.29. The summed E-state index contributed by atoms with van der Waals surface area (Å²) in [5, 5.41) is 0. The first kappa shape index (κ1) is 13.1. The van der Waals surface area contributed by atoms with E-state index >= 15 is 0 Å². The van der Waals surface area contributed by atoms with Crippen molar-refractivity contribution in [1.82, 2.24) is 0 Å². The fourth-order valence-corrected chi connectivity index (χ4v) is 2.86. The van der Waals surface area contributed by atoms with Crippen LogP contribution in [0.15, 0.2) is 12.1 Å². The van der Waals surface area contributed by atoms with Crippen molar-refractivity contribution in [2.45, 2.75) is 39.2 Å². The molecule has 2 rings (SSSR count). The third-order valence-electron chi connectivity index (χ3n) is 3.75. The molecule has 2 unspecified atom stereocenters. The number of hydrogen-bond acceptors (Lipinski definition) is 3. The second kappa shape index (κ2) is 5.11. The number of hydrogen-bond donors (Lipinski definition) is 1. The predicted molar refractivity (Wildman–Crippen MR) is 72.1 cm³/mol. The Morgan fingerprint density at radius 3 is 2.61 bits per heavy atom.